The van der Waals surface area contributed by atoms with Crippen LogP contribution in [0.1, 0.15) is 65.7 Å². The number of piperidine rings is 1. The second kappa shape index (κ2) is 15.6. The highest BCUT2D eigenvalue weighted by Crippen LogP contribution is 2.17. The van der Waals surface area contributed by atoms with Crippen LogP contribution < -0.4 is 10.6 Å². The third-order valence-corrected chi connectivity index (χ3v) is 6.16. The summed E-state index contributed by atoms with van der Waals surface area (Å²) in [5.74, 6) is 1.58. The van der Waals surface area contributed by atoms with Crippen LogP contribution in [-0.4, -0.2) is 85.4 Å². The van der Waals surface area contributed by atoms with E-state index < -0.39 is 0 Å². The van der Waals surface area contributed by atoms with Gasteiger partial charge in [-0.1, -0.05) is 26.7 Å². The summed E-state index contributed by atoms with van der Waals surface area (Å²) in [6.45, 7) is 15.1. The maximum atomic E-state index is 9.62. The van der Waals surface area contributed by atoms with Gasteiger partial charge in [0.15, 0.2) is 5.96 Å². The molecule has 3 N–H and O–H groups in total. The van der Waals surface area contributed by atoms with Crippen LogP contribution in [0.5, 0.6) is 0 Å². The van der Waals surface area contributed by atoms with Gasteiger partial charge in [0.2, 0.25) is 0 Å². The van der Waals surface area contributed by atoms with Crippen LogP contribution >= 0.6 is 24.0 Å². The molecule has 172 valence electrons. The molecular formula is C22H46IN5O. The van der Waals surface area contributed by atoms with Crippen LogP contribution in [0.25, 0.3) is 0 Å². The van der Waals surface area contributed by atoms with E-state index in [1.165, 1.54) is 38.8 Å². The van der Waals surface area contributed by atoms with E-state index in [4.69, 9.17) is 4.99 Å². The fourth-order valence-electron chi connectivity index (χ4n) is 4.35. The third kappa shape index (κ3) is 10.6. The number of aliphatic hydroxyl groups excluding tert-OH is 1. The molecule has 0 saturated carbocycles. The molecule has 0 aliphatic carbocycles. The van der Waals surface area contributed by atoms with Gasteiger partial charge in [-0.2, -0.15) is 0 Å². The lowest BCUT2D eigenvalue weighted by Gasteiger charge is -2.32. The lowest BCUT2D eigenvalue weighted by Crippen LogP contribution is -2.44. The first-order chi connectivity index (χ1) is 13.6. The normalized spacial score (nSPS) is 21.5. The minimum Gasteiger partial charge on any atom is -0.393 e. The number of aliphatic imine (C=N–C) groups is 1. The van der Waals surface area contributed by atoms with Crippen molar-refractivity contribution < 1.29 is 5.11 Å². The summed E-state index contributed by atoms with van der Waals surface area (Å²) in [6, 6.07) is 0.535. The van der Waals surface area contributed by atoms with Crippen molar-refractivity contribution in [2.24, 2.45) is 10.9 Å². The molecule has 6 nitrogen and oxygen atoms in total. The van der Waals surface area contributed by atoms with E-state index in [2.05, 4.69) is 41.2 Å². The number of likely N-dealkylation sites (tertiary alicyclic amines) is 2. The molecule has 2 rings (SSSR count). The van der Waals surface area contributed by atoms with Crippen LogP contribution in [0.3, 0.4) is 0 Å². The minimum atomic E-state index is -0.0834. The van der Waals surface area contributed by atoms with Crippen molar-refractivity contribution in [2.45, 2.75) is 77.9 Å². The van der Waals surface area contributed by atoms with Crippen molar-refractivity contribution in [1.29, 1.82) is 0 Å². The Hall–Kier alpha value is -0.120. The van der Waals surface area contributed by atoms with Crippen LogP contribution in [0, 0.1) is 5.92 Å². The molecule has 2 aliphatic heterocycles. The highest BCUT2D eigenvalue weighted by atomic mass is 127. The zero-order valence-electron chi connectivity index (χ0n) is 19.0. The van der Waals surface area contributed by atoms with Gasteiger partial charge < -0.3 is 20.6 Å². The number of nitrogens with zero attached hydrogens (tertiary/aromatic N) is 3. The van der Waals surface area contributed by atoms with E-state index in [-0.39, 0.29) is 30.1 Å². The molecule has 2 saturated heterocycles. The predicted molar refractivity (Wildman–Crippen MR) is 134 cm³/mol. The second-order valence-corrected chi connectivity index (χ2v) is 8.83. The van der Waals surface area contributed by atoms with E-state index in [0.717, 1.165) is 64.5 Å². The number of hydrogen-bond acceptors (Lipinski definition) is 4. The second-order valence-electron chi connectivity index (χ2n) is 8.83. The van der Waals surface area contributed by atoms with Gasteiger partial charge in [-0.15, -0.1) is 24.0 Å². The first-order valence-electron chi connectivity index (χ1n) is 11.8. The molecule has 29 heavy (non-hydrogen) atoms. The summed E-state index contributed by atoms with van der Waals surface area (Å²) >= 11 is 0. The average Bonchev–Trinajstić information content (AvgIpc) is 2.96. The van der Waals surface area contributed by atoms with Gasteiger partial charge in [0.25, 0.3) is 0 Å². The number of hydrogen-bond donors (Lipinski definition) is 3. The summed E-state index contributed by atoms with van der Waals surface area (Å²) in [5.41, 5.74) is 0. The van der Waals surface area contributed by atoms with Gasteiger partial charge in [0.1, 0.15) is 0 Å². The minimum absolute atomic E-state index is 0. The van der Waals surface area contributed by atoms with Crippen molar-refractivity contribution >= 4 is 29.9 Å². The molecule has 0 bridgehead atoms. The van der Waals surface area contributed by atoms with Crippen molar-refractivity contribution in [2.75, 3.05) is 52.4 Å². The molecule has 0 aromatic carbocycles. The molecule has 0 aromatic heterocycles. The summed E-state index contributed by atoms with van der Waals surface area (Å²) in [7, 11) is 0. The molecule has 1 unspecified atom stereocenters. The molecule has 7 heteroatoms. The maximum Gasteiger partial charge on any atom is 0.191 e. The van der Waals surface area contributed by atoms with Gasteiger partial charge in [0, 0.05) is 32.2 Å². The quantitative estimate of drug-likeness (QED) is 0.188. The van der Waals surface area contributed by atoms with Crippen LogP contribution in [0.15, 0.2) is 4.99 Å². The molecule has 0 spiro atoms. The SMILES string of the molecule is CCNC(=NCC(C(C)C)N1CCCCCC1)NCCCN1CCC(O)CC1.I. The number of aliphatic hydroxyl groups is 1. The third-order valence-electron chi connectivity index (χ3n) is 6.16. The van der Waals surface area contributed by atoms with Crippen molar-refractivity contribution in [3.8, 4) is 0 Å². The van der Waals surface area contributed by atoms with Crippen molar-refractivity contribution in [3.05, 3.63) is 0 Å². The smallest absolute Gasteiger partial charge is 0.191 e. The van der Waals surface area contributed by atoms with Gasteiger partial charge >= 0.3 is 0 Å². The van der Waals surface area contributed by atoms with E-state index in [0.29, 0.717) is 12.0 Å². The summed E-state index contributed by atoms with van der Waals surface area (Å²) in [4.78, 5) is 10.1. The van der Waals surface area contributed by atoms with Gasteiger partial charge in [-0.3, -0.25) is 9.89 Å². The fraction of sp³-hybridized carbons (Fsp3) is 0.955. The molecule has 0 aromatic rings. The molecule has 1 atom stereocenters. The number of rotatable bonds is 9. The van der Waals surface area contributed by atoms with E-state index in [9.17, 15) is 5.11 Å². The predicted octanol–water partition coefficient (Wildman–Crippen LogP) is 2.91. The Kier molecular flexibility index (Phi) is 14.5. The fourth-order valence-corrected chi connectivity index (χ4v) is 4.35. The first-order valence-corrected chi connectivity index (χ1v) is 11.8. The molecule has 2 fully saturated rings. The average molecular weight is 524 g/mol. The lowest BCUT2D eigenvalue weighted by atomic mass is 10.0. The largest absolute Gasteiger partial charge is 0.393 e. The Labute approximate surface area is 196 Å². The number of guanidine groups is 1. The zero-order valence-corrected chi connectivity index (χ0v) is 21.4. The Morgan fingerprint density at radius 3 is 2.28 bits per heavy atom. The zero-order chi connectivity index (χ0) is 20.2. The topological polar surface area (TPSA) is 63.1 Å². The van der Waals surface area contributed by atoms with Gasteiger partial charge in [-0.05, 0) is 64.6 Å². The highest BCUT2D eigenvalue weighted by molar-refractivity contribution is 14.0. The number of nitrogens with one attached hydrogen (secondary N) is 2. The van der Waals surface area contributed by atoms with Crippen molar-refractivity contribution in [1.82, 2.24) is 20.4 Å². The Bertz CT molecular complexity index is 433. The highest BCUT2D eigenvalue weighted by Gasteiger charge is 2.22. The first kappa shape index (κ1) is 26.9. The lowest BCUT2D eigenvalue weighted by molar-refractivity contribution is 0.0823. The van der Waals surface area contributed by atoms with E-state index >= 15 is 0 Å². The maximum absolute atomic E-state index is 9.62. The summed E-state index contributed by atoms with van der Waals surface area (Å²) in [5, 5.41) is 16.5. The molecular weight excluding hydrogens is 477 g/mol. The van der Waals surface area contributed by atoms with Gasteiger partial charge in [-0.25, -0.2) is 0 Å². The van der Waals surface area contributed by atoms with E-state index in [1.807, 2.05) is 0 Å². The van der Waals surface area contributed by atoms with Crippen LogP contribution in [0.2, 0.25) is 0 Å². The Morgan fingerprint density at radius 2 is 1.69 bits per heavy atom. The van der Waals surface area contributed by atoms with E-state index in [1.54, 1.807) is 0 Å². The monoisotopic (exact) mass is 523 g/mol. The molecule has 2 heterocycles. The molecule has 2 aliphatic rings. The van der Waals surface area contributed by atoms with Crippen molar-refractivity contribution in [3.63, 3.8) is 0 Å². The van der Waals surface area contributed by atoms with Crippen LogP contribution in [0.4, 0.5) is 0 Å². The number of halogens is 1. The molecule has 0 radical (unpaired) electrons. The van der Waals surface area contributed by atoms with Gasteiger partial charge in [0.05, 0.1) is 12.6 Å². The molecule has 0 amide bonds. The Balaban J connectivity index is 0.00000420. The summed E-state index contributed by atoms with van der Waals surface area (Å²) in [6.07, 6.45) is 8.29. The van der Waals surface area contributed by atoms with Crippen LogP contribution in [-0.2, 0) is 0 Å². The standard InChI is InChI=1S/C22H45N5O.HI/c1-4-23-22(24-12-9-13-26-16-10-20(28)11-17-26)25-18-21(19(2)3)27-14-7-5-6-8-15-27;/h19-21,28H,4-18H2,1-3H3,(H2,23,24,25);1H. The summed E-state index contributed by atoms with van der Waals surface area (Å²) < 4.78 is 0. The Morgan fingerprint density at radius 1 is 1.03 bits per heavy atom.